The molecule has 0 radical (unpaired) electrons. The molecule has 6 nitrogen and oxygen atoms in total. The molecule has 3 N–H and O–H groups in total. The maximum absolute atomic E-state index is 11.1. The van der Waals surface area contributed by atoms with Crippen LogP contribution in [0.3, 0.4) is 0 Å². The average Bonchev–Trinajstić information content (AvgIpc) is 3.09. The Bertz CT molecular complexity index is 1180. The first-order chi connectivity index (χ1) is 14.5. The summed E-state index contributed by atoms with van der Waals surface area (Å²) < 4.78 is 1.93. The van der Waals surface area contributed by atoms with Crippen molar-refractivity contribution in [3.8, 4) is 5.69 Å². The summed E-state index contributed by atoms with van der Waals surface area (Å²) in [7, 11) is 0. The number of pyridine rings is 1. The molecule has 1 amide bonds. The number of primary amides is 1. The smallest absolute Gasteiger partial charge is 0.217 e. The van der Waals surface area contributed by atoms with E-state index >= 15 is 0 Å². The second kappa shape index (κ2) is 8.37. The van der Waals surface area contributed by atoms with Gasteiger partial charge in [0.15, 0.2) is 0 Å². The molecule has 30 heavy (non-hydrogen) atoms. The molecule has 1 atom stereocenters. The van der Waals surface area contributed by atoms with Gasteiger partial charge in [-0.2, -0.15) is 5.10 Å². The Morgan fingerprint density at radius 1 is 1.13 bits per heavy atom. The van der Waals surface area contributed by atoms with Crippen molar-refractivity contribution in [2.45, 2.75) is 32.7 Å². The summed E-state index contributed by atoms with van der Waals surface area (Å²) >= 11 is 0. The van der Waals surface area contributed by atoms with Gasteiger partial charge in [0.05, 0.1) is 16.9 Å². The summed E-state index contributed by atoms with van der Waals surface area (Å²) in [5.41, 5.74) is 10.4. The minimum absolute atomic E-state index is 0.130. The summed E-state index contributed by atoms with van der Waals surface area (Å²) in [6.45, 7) is 4.10. The highest BCUT2D eigenvalue weighted by Crippen LogP contribution is 2.26. The van der Waals surface area contributed by atoms with Crippen LogP contribution in [-0.4, -0.2) is 20.7 Å². The second-order valence-electron chi connectivity index (χ2n) is 7.50. The zero-order valence-corrected chi connectivity index (χ0v) is 17.2. The van der Waals surface area contributed by atoms with Gasteiger partial charge in [0, 0.05) is 30.1 Å². The molecule has 2 aromatic carbocycles. The predicted octanol–water partition coefficient (Wildman–Crippen LogP) is 4.32. The lowest BCUT2D eigenvalue weighted by Gasteiger charge is -2.15. The van der Waals surface area contributed by atoms with Gasteiger partial charge in [-0.15, -0.1) is 0 Å². The molecule has 1 unspecified atom stereocenters. The third-order valence-corrected chi connectivity index (χ3v) is 5.23. The third kappa shape index (κ3) is 4.17. The highest BCUT2D eigenvalue weighted by molar-refractivity contribution is 5.84. The highest BCUT2D eigenvalue weighted by atomic mass is 16.1. The lowest BCUT2D eigenvalue weighted by atomic mass is 10.1. The molecular formula is C24H25N5O. The van der Waals surface area contributed by atoms with E-state index in [0.717, 1.165) is 33.7 Å². The maximum atomic E-state index is 11.1. The fourth-order valence-electron chi connectivity index (χ4n) is 3.59. The van der Waals surface area contributed by atoms with Crippen molar-refractivity contribution in [3.63, 3.8) is 0 Å². The number of nitrogens with zero attached hydrogens (tertiary/aromatic N) is 3. The first kappa shape index (κ1) is 19.6. The zero-order chi connectivity index (χ0) is 21.1. The van der Waals surface area contributed by atoms with Crippen molar-refractivity contribution >= 4 is 22.6 Å². The monoisotopic (exact) mass is 399 g/mol. The van der Waals surface area contributed by atoms with Crippen LogP contribution in [0.15, 0.2) is 66.9 Å². The number of nitrogens with one attached hydrogen (secondary N) is 1. The van der Waals surface area contributed by atoms with Gasteiger partial charge in [-0.05, 0) is 43.5 Å². The van der Waals surface area contributed by atoms with E-state index in [4.69, 9.17) is 10.8 Å². The molecule has 6 heteroatoms. The average molecular weight is 399 g/mol. The van der Waals surface area contributed by atoms with Crippen molar-refractivity contribution in [2.24, 2.45) is 5.73 Å². The number of benzene rings is 2. The normalized spacial score (nSPS) is 12.1. The summed E-state index contributed by atoms with van der Waals surface area (Å²) in [5.74, 6) is 0.500. The van der Waals surface area contributed by atoms with Gasteiger partial charge >= 0.3 is 0 Å². The Labute approximate surface area is 175 Å². The summed E-state index contributed by atoms with van der Waals surface area (Å²) in [6, 6.07) is 20.5. The van der Waals surface area contributed by atoms with E-state index in [1.807, 2.05) is 60.3 Å². The number of anilines is 1. The van der Waals surface area contributed by atoms with Crippen LogP contribution in [-0.2, 0) is 11.2 Å². The standard InChI is InChI=1S/C24H25N5O/c1-16(19-8-4-3-5-9-19)27-24-14-22-21(15-26-24)17(2)28-29(22)20-10-6-7-18(13-20)11-12-23(25)30/h3-10,13-16H,11-12H2,1-2H3,(H2,25,30)(H,26,27). The Hall–Kier alpha value is -3.67. The number of aryl methyl sites for hydroxylation is 2. The first-order valence-electron chi connectivity index (χ1n) is 10.1. The van der Waals surface area contributed by atoms with Crippen LogP contribution in [0.5, 0.6) is 0 Å². The molecule has 0 spiro atoms. The van der Waals surface area contributed by atoms with Crippen LogP contribution in [0.2, 0.25) is 0 Å². The van der Waals surface area contributed by atoms with E-state index in [2.05, 4.69) is 35.4 Å². The fourth-order valence-corrected chi connectivity index (χ4v) is 3.59. The van der Waals surface area contributed by atoms with Crippen molar-refractivity contribution in [1.82, 2.24) is 14.8 Å². The number of hydrogen-bond donors (Lipinski definition) is 2. The topological polar surface area (TPSA) is 85.8 Å². The number of amides is 1. The minimum Gasteiger partial charge on any atom is -0.370 e. The van der Waals surface area contributed by atoms with Gasteiger partial charge < -0.3 is 11.1 Å². The Kier molecular flexibility index (Phi) is 5.48. The van der Waals surface area contributed by atoms with Gasteiger partial charge in [-0.3, -0.25) is 4.79 Å². The van der Waals surface area contributed by atoms with Crippen molar-refractivity contribution in [2.75, 3.05) is 5.32 Å². The molecule has 0 fully saturated rings. The van der Waals surface area contributed by atoms with E-state index in [9.17, 15) is 4.79 Å². The molecule has 152 valence electrons. The van der Waals surface area contributed by atoms with Crippen LogP contribution >= 0.6 is 0 Å². The van der Waals surface area contributed by atoms with Gasteiger partial charge in [0.2, 0.25) is 5.91 Å². The molecule has 0 saturated heterocycles. The van der Waals surface area contributed by atoms with E-state index in [0.29, 0.717) is 12.8 Å². The molecule has 2 heterocycles. The quantitative estimate of drug-likeness (QED) is 0.485. The van der Waals surface area contributed by atoms with E-state index < -0.39 is 0 Å². The molecule has 0 aliphatic carbocycles. The molecule has 4 aromatic rings. The fraction of sp³-hybridized carbons (Fsp3) is 0.208. The number of carbonyl (C=O) groups excluding carboxylic acids is 1. The maximum Gasteiger partial charge on any atom is 0.217 e. The predicted molar refractivity (Wildman–Crippen MR) is 120 cm³/mol. The zero-order valence-electron chi connectivity index (χ0n) is 17.2. The number of fused-ring (bicyclic) bond motifs is 1. The van der Waals surface area contributed by atoms with Crippen LogP contribution < -0.4 is 11.1 Å². The van der Waals surface area contributed by atoms with E-state index in [-0.39, 0.29) is 11.9 Å². The molecule has 4 rings (SSSR count). The van der Waals surface area contributed by atoms with Gasteiger partial charge in [-0.1, -0.05) is 42.5 Å². The highest BCUT2D eigenvalue weighted by Gasteiger charge is 2.13. The van der Waals surface area contributed by atoms with Crippen LogP contribution in [0, 0.1) is 6.92 Å². The molecule has 0 saturated carbocycles. The molecule has 2 aromatic heterocycles. The number of carbonyl (C=O) groups is 1. The van der Waals surface area contributed by atoms with Crippen LogP contribution in [0.4, 0.5) is 5.82 Å². The van der Waals surface area contributed by atoms with Crippen molar-refractivity contribution in [1.29, 1.82) is 0 Å². The number of aromatic nitrogens is 3. The van der Waals surface area contributed by atoms with Crippen LogP contribution in [0.25, 0.3) is 16.6 Å². The minimum atomic E-state index is -0.296. The van der Waals surface area contributed by atoms with E-state index in [1.54, 1.807) is 0 Å². The van der Waals surface area contributed by atoms with Gasteiger partial charge in [0.1, 0.15) is 5.82 Å². The SMILES string of the molecule is Cc1nn(-c2cccc(CCC(N)=O)c2)c2cc(NC(C)c3ccccc3)ncc12. The third-order valence-electron chi connectivity index (χ3n) is 5.23. The van der Waals surface area contributed by atoms with Gasteiger partial charge in [0.25, 0.3) is 0 Å². The van der Waals surface area contributed by atoms with E-state index in [1.165, 1.54) is 5.56 Å². The largest absolute Gasteiger partial charge is 0.370 e. The molecule has 0 aliphatic heterocycles. The summed E-state index contributed by atoms with van der Waals surface area (Å²) in [4.78, 5) is 15.7. The number of nitrogens with two attached hydrogens (primary N) is 1. The molecular weight excluding hydrogens is 374 g/mol. The molecule has 0 aliphatic rings. The lowest BCUT2D eigenvalue weighted by Crippen LogP contribution is -2.11. The Morgan fingerprint density at radius 3 is 2.70 bits per heavy atom. The Morgan fingerprint density at radius 2 is 1.93 bits per heavy atom. The van der Waals surface area contributed by atoms with Gasteiger partial charge in [-0.25, -0.2) is 9.67 Å². The first-order valence-corrected chi connectivity index (χ1v) is 10.1. The summed E-state index contributed by atoms with van der Waals surface area (Å²) in [6.07, 6.45) is 2.81. The lowest BCUT2D eigenvalue weighted by molar-refractivity contribution is -0.117. The second-order valence-corrected chi connectivity index (χ2v) is 7.50. The molecule has 0 bridgehead atoms. The van der Waals surface area contributed by atoms with Crippen LogP contribution in [0.1, 0.15) is 36.2 Å². The van der Waals surface area contributed by atoms with Crippen molar-refractivity contribution < 1.29 is 4.79 Å². The van der Waals surface area contributed by atoms with Crippen molar-refractivity contribution in [3.05, 3.63) is 83.7 Å². The number of hydrogen-bond acceptors (Lipinski definition) is 4. The summed E-state index contributed by atoms with van der Waals surface area (Å²) in [5, 5.41) is 9.22. The number of rotatable bonds is 7. The Balaban J connectivity index is 1.67.